The Labute approximate surface area is 225 Å². The molecule has 0 fully saturated rings. The van der Waals surface area contributed by atoms with Gasteiger partial charge in [0.25, 0.3) is 5.91 Å². The number of benzene rings is 4. The van der Waals surface area contributed by atoms with Crippen LogP contribution in [0, 0.1) is 6.92 Å². The number of carbonyl (C=O) groups excluding carboxylic acids is 1. The number of carbonyl (C=O) groups is 1. The summed E-state index contributed by atoms with van der Waals surface area (Å²) in [7, 11) is 0. The van der Waals surface area contributed by atoms with E-state index >= 15 is 0 Å². The highest BCUT2D eigenvalue weighted by atomic mass is 35.5. The fraction of sp³-hybridized carbons (Fsp3) is 0.133. The number of amides is 1. The van der Waals surface area contributed by atoms with Crippen molar-refractivity contribution in [2.24, 2.45) is 0 Å². The number of aryl methyl sites for hydroxylation is 1. The van der Waals surface area contributed by atoms with Gasteiger partial charge in [0.2, 0.25) is 5.88 Å². The number of hydrogen-bond donors (Lipinski definition) is 1. The van der Waals surface area contributed by atoms with Crippen molar-refractivity contribution in [2.75, 3.05) is 6.54 Å². The van der Waals surface area contributed by atoms with Gasteiger partial charge in [0.05, 0.1) is 11.4 Å². The molecular weight excluding hydrogens is 505 g/mol. The van der Waals surface area contributed by atoms with Gasteiger partial charge in [-0.25, -0.2) is 4.68 Å². The molecule has 0 spiro atoms. The monoisotopic (exact) mass is 529 g/mol. The summed E-state index contributed by atoms with van der Waals surface area (Å²) in [4.78, 5) is 12.3. The van der Waals surface area contributed by atoms with Crippen molar-refractivity contribution in [1.82, 2.24) is 15.1 Å². The zero-order valence-electron chi connectivity index (χ0n) is 20.5. The number of nitrogens with zero attached hydrogens (tertiary/aromatic N) is 2. The highest BCUT2D eigenvalue weighted by Crippen LogP contribution is 2.33. The summed E-state index contributed by atoms with van der Waals surface area (Å²) in [6, 6.07) is 26.7. The number of fused-ring (bicyclic) bond motifs is 1. The van der Waals surface area contributed by atoms with E-state index < -0.39 is 0 Å². The quantitative estimate of drug-likeness (QED) is 0.231. The van der Waals surface area contributed by atoms with Gasteiger partial charge in [-0.05, 0) is 78.7 Å². The summed E-state index contributed by atoms with van der Waals surface area (Å²) in [5.41, 5.74) is 4.07. The predicted octanol–water partition coefficient (Wildman–Crippen LogP) is 8.24. The zero-order valence-corrected chi connectivity index (χ0v) is 22.0. The zero-order chi connectivity index (χ0) is 25.9. The molecule has 0 saturated carbocycles. The average molecular weight is 530 g/mol. The summed E-state index contributed by atoms with van der Waals surface area (Å²) in [5.74, 6) is 0.992. The minimum atomic E-state index is -0.107. The minimum absolute atomic E-state index is 0.107. The van der Waals surface area contributed by atoms with E-state index in [1.807, 2.05) is 31.2 Å². The van der Waals surface area contributed by atoms with Gasteiger partial charge in [-0.3, -0.25) is 4.79 Å². The molecule has 7 heteroatoms. The van der Waals surface area contributed by atoms with Crippen LogP contribution in [0.2, 0.25) is 10.0 Å². The molecule has 5 rings (SSSR count). The first-order valence-corrected chi connectivity index (χ1v) is 12.8. The molecule has 4 aromatic carbocycles. The first kappa shape index (κ1) is 24.9. The fourth-order valence-corrected chi connectivity index (χ4v) is 4.61. The van der Waals surface area contributed by atoms with E-state index in [0.29, 0.717) is 39.5 Å². The molecule has 5 nitrogen and oxygen atoms in total. The van der Waals surface area contributed by atoms with Crippen LogP contribution in [0.4, 0.5) is 0 Å². The Morgan fingerprint density at radius 2 is 1.59 bits per heavy atom. The summed E-state index contributed by atoms with van der Waals surface area (Å²) < 4.78 is 8.03. The molecule has 0 bridgehead atoms. The highest BCUT2D eigenvalue weighted by Gasteiger charge is 2.16. The largest absolute Gasteiger partial charge is 0.439 e. The van der Waals surface area contributed by atoms with Gasteiger partial charge in [0.15, 0.2) is 0 Å². The maximum Gasteiger partial charge on any atom is 0.251 e. The Kier molecular flexibility index (Phi) is 7.17. The Balaban J connectivity index is 1.54. The molecule has 1 heterocycles. The lowest BCUT2D eigenvalue weighted by Crippen LogP contribution is -2.23. The second kappa shape index (κ2) is 10.7. The minimum Gasteiger partial charge on any atom is -0.439 e. The molecule has 0 unspecified atom stereocenters. The van der Waals surface area contributed by atoms with Crippen LogP contribution in [0.25, 0.3) is 27.7 Å². The Morgan fingerprint density at radius 1 is 0.892 bits per heavy atom. The SMILES string of the molecule is CCCNC(=O)c1ccc(Oc2cc(-c3cc(Cl)cc(Cl)c3)nn2-c2ccc3cc(C)ccc3c2)cc1. The molecular formula is C30H25Cl2N3O2. The Morgan fingerprint density at radius 3 is 2.32 bits per heavy atom. The molecule has 37 heavy (non-hydrogen) atoms. The van der Waals surface area contributed by atoms with Crippen LogP contribution >= 0.6 is 23.2 Å². The highest BCUT2D eigenvalue weighted by molar-refractivity contribution is 6.35. The van der Waals surface area contributed by atoms with E-state index in [1.165, 1.54) is 5.56 Å². The van der Waals surface area contributed by atoms with Crippen LogP contribution in [-0.2, 0) is 0 Å². The Bertz CT molecular complexity index is 1570. The first-order valence-electron chi connectivity index (χ1n) is 12.0. The van der Waals surface area contributed by atoms with Crippen molar-refractivity contribution in [3.05, 3.63) is 106 Å². The average Bonchev–Trinajstić information content (AvgIpc) is 3.30. The molecule has 0 aliphatic rings. The number of hydrogen-bond acceptors (Lipinski definition) is 3. The van der Waals surface area contributed by atoms with Crippen molar-refractivity contribution in [2.45, 2.75) is 20.3 Å². The Hall–Kier alpha value is -3.80. The molecule has 0 aliphatic carbocycles. The lowest BCUT2D eigenvalue weighted by atomic mass is 10.1. The third-order valence-corrected chi connectivity index (χ3v) is 6.37. The van der Waals surface area contributed by atoms with Gasteiger partial charge in [-0.1, -0.05) is 60.0 Å². The van der Waals surface area contributed by atoms with Crippen LogP contribution in [0.15, 0.2) is 84.9 Å². The van der Waals surface area contributed by atoms with Gasteiger partial charge in [-0.15, -0.1) is 0 Å². The van der Waals surface area contributed by atoms with Crippen molar-refractivity contribution in [3.8, 4) is 28.6 Å². The maximum atomic E-state index is 12.3. The molecule has 5 aromatic rings. The number of aromatic nitrogens is 2. The van der Waals surface area contributed by atoms with Crippen molar-refractivity contribution >= 4 is 39.9 Å². The van der Waals surface area contributed by atoms with Crippen LogP contribution in [0.5, 0.6) is 11.6 Å². The molecule has 0 atom stereocenters. The summed E-state index contributed by atoms with van der Waals surface area (Å²) in [6.07, 6.45) is 0.880. The molecule has 0 aliphatic heterocycles. The third kappa shape index (κ3) is 5.63. The number of halogens is 2. The molecule has 186 valence electrons. The predicted molar refractivity (Wildman–Crippen MR) is 150 cm³/mol. The first-order chi connectivity index (χ1) is 17.9. The normalized spacial score (nSPS) is 11.0. The third-order valence-electron chi connectivity index (χ3n) is 5.93. The van der Waals surface area contributed by atoms with E-state index in [9.17, 15) is 4.79 Å². The van der Waals surface area contributed by atoms with E-state index in [-0.39, 0.29) is 5.91 Å². The second-order valence-corrected chi connectivity index (χ2v) is 9.73. The molecule has 1 amide bonds. The molecule has 0 radical (unpaired) electrons. The summed E-state index contributed by atoms with van der Waals surface area (Å²) in [5, 5.41) is 11.0. The van der Waals surface area contributed by atoms with Crippen molar-refractivity contribution in [1.29, 1.82) is 0 Å². The molecule has 1 aromatic heterocycles. The van der Waals surface area contributed by atoms with Gasteiger partial charge in [0, 0.05) is 33.8 Å². The van der Waals surface area contributed by atoms with Crippen molar-refractivity contribution in [3.63, 3.8) is 0 Å². The fourth-order valence-electron chi connectivity index (χ4n) is 4.08. The van der Waals surface area contributed by atoms with Gasteiger partial charge in [0.1, 0.15) is 5.75 Å². The van der Waals surface area contributed by atoms with Crippen LogP contribution in [-0.4, -0.2) is 22.2 Å². The number of rotatable bonds is 7. The summed E-state index contributed by atoms with van der Waals surface area (Å²) >= 11 is 12.5. The summed E-state index contributed by atoms with van der Waals surface area (Å²) in [6.45, 7) is 4.73. The maximum absolute atomic E-state index is 12.3. The van der Waals surface area contributed by atoms with E-state index in [0.717, 1.165) is 28.4 Å². The van der Waals surface area contributed by atoms with Crippen LogP contribution < -0.4 is 10.1 Å². The molecule has 1 N–H and O–H groups in total. The van der Waals surface area contributed by atoms with Gasteiger partial charge >= 0.3 is 0 Å². The van der Waals surface area contributed by atoms with E-state index in [2.05, 4.69) is 42.6 Å². The standard InChI is InChI=1S/C30H25Cl2N3O2/c1-3-12-33-30(36)20-7-10-27(11-8-20)37-29-18-28(23-14-24(31)17-25(32)15-23)34-35(29)26-9-6-21-13-19(2)4-5-22(21)16-26/h4-11,13-18H,3,12H2,1-2H3,(H,33,36). The number of nitrogens with one attached hydrogen (secondary N) is 1. The van der Waals surface area contributed by atoms with E-state index in [1.54, 1.807) is 35.0 Å². The topological polar surface area (TPSA) is 56.1 Å². The van der Waals surface area contributed by atoms with Crippen LogP contribution in [0.1, 0.15) is 29.3 Å². The second-order valence-electron chi connectivity index (χ2n) is 8.85. The van der Waals surface area contributed by atoms with E-state index in [4.69, 9.17) is 33.0 Å². The van der Waals surface area contributed by atoms with Crippen molar-refractivity contribution < 1.29 is 9.53 Å². The lowest BCUT2D eigenvalue weighted by Gasteiger charge is -2.11. The van der Waals surface area contributed by atoms with Crippen LogP contribution in [0.3, 0.4) is 0 Å². The lowest BCUT2D eigenvalue weighted by molar-refractivity contribution is 0.0953. The van der Waals surface area contributed by atoms with Gasteiger partial charge in [-0.2, -0.15) is 5.10 Å². The smallest absolute Gasteiger partial charge is 0.251 e. The number of ether oxygens (including phenoxy) is 1. The molecule has 0 saturated heterocycles. The van der Waals surface area contributed by atoms with Gasteiger partial charge < -0.3 is 10.1 Å².